The van der Waals surface area contributed by atoms with Crippen LogP contribution in [0.1, 0.15) is 28.3 Å². The second-order valence-corrected chi connectivity index (χ2v) is 7.31. The van der Waals surface area contributed by atoms with Crippen LogP contribution in [0.4, 0.5) is 5.69 Å². The predicted molar refractivity (Wildman–Crippen MR) is 102 cm³/mol. The predicted octanol–water partition coefficient (Wildman–Crippen LogP) is 5.45. The number of halogens is 1. The maximum absolute atomic E-state index is 11.9. The van der Waals surface area contributed by atoms with Crippen LogP contribution >= 0.6 is 22.9 Å². The summed E-state index contributed by atoms with van der Waals surface area (Å²) in [5.41, 5.74) is 3.02. The molecule has 1 aliphatic rings. The Labute approximate surface area is 155 Å². The summed E-state index contributed by atoms with van der Waals surface area (Å²) in [5, 5.41) is 5.65. The second-order valence-electron chi connectivity index (χ2n) is 5.95. The summed E-state index contributed by atoms with van der Waals surface area (Å²) in [6, 6.07) is 17.6. The molecule has 0 unspecified atom stereocenters. The fourth-order valence-corrected chi connectivity index (χ4v) is 4.19. The van der Waals surface area contributed by atoms with Crippen LogP contribution in [0.25, 0.3) is 0 Å². The van der Waals surface area contributed by atoms with E-state index in [0.717, 1.165) is 22.6 Å². The number of carbonyl (C=O) groups excluding carboxylic acids is 1. The van der Waals surface area contributed by atoms with E-state index in [4.69, 9.17) is 16.3 Å². The van der Waals surface area contributed by atoms with Crippen LogP contribution in [0.3, 0.4) is 0 Å². The molecular formula is C20H16ClNO2S. The van der Waals surface area contributed by atoms with Crippen molar-refractivity contribution in [2.24, 2.45) is 0 Å². The van der Waals surface area contributed by atoms with E-state index in [1.165, 1.54) is 4.88 Å². The van der Waals surface area contributed by atoms with Crippen LogP contribution in [0.5, 0.6) is 5.75 Å². The molecule has 1 atom stereocenters. The summed E-state index contributed by atoms with van der Waals surface area (Å²) in [5.74, 6) is 0.964. The van der Waals surface area contributed by atoms with Crippen LogP contribution < -0.4 is 10.1 Å². The van der Waals surface area contributed by atoms with Crippen LogP contribution in [-0.2, 0) is 11.4 Å². The van der Waals surface area contributed by atoms with Gasteiger partial charge in [-0.05, 0) is 35.2 Å². The molecule has 2 aromatic carbocycles. The van der Waals surface area contributed by atoms with E-state index in [-0.39, 0.29) is 11.8 Å². The van der Waals surface area contributed by atoms with Crippen molar-refractivity contribution in [1.29, 1.82) is 0 Å². The number of carbonyl (C=O) groups is 1. The Morgan fingerprint density at radius 2 is 1.92 bits per heavy atom. The normalized spacial score (nSPS) is 16.2. The van der Waals surface area contributed by atoms with Gasteiger partial charge in [0.15, 0.2) is 0 Å². The highest BCUT2D eigenvalue weighted by molar-refractivity contribution is 7.10. The van der Waals surface area contributed by atoms with Gasteiger partial charge in [-0.1, -0.05) is 41.9 Å². The molecule has 5 heteroatoms. The largest absolute Gasteiger partial charge is 0.489 e. The average Bonchev–Trinajstić information content (AvgIpc) is 3.09. The molecule has 1 aliphatic heterocycles. The topological polar surface area (TPSA) is 38.3 Å². The van der Waals surface area contributed by atoms with Crippen molar-refractivity contribution in [2.75, 3.05) is 5.32 Å². The van der Waals surface area contributed by atoms with Crippen LogP contribution in [0.2, 0.25) is 5.02 Å². The van der Waals surface area contributed by atoms with Crippen molar-refractivity contribution in [3.8, 4) is 5.75 Å². The van der Waals surface area contributed by atoms with E-state index in [1.54, 1.807) is 11.3 Å². The lowest BCUT2D eigenvalue weighted by molar-refractivity contribution is -0.116. The maximum atomic E-state index is 11.9. The Hall–Kier alpha value is -2.30. The quantitative estimate of drug-likeness (QED) is 0.663. The first-order chi connectivity index (χ1) is 12.2. The van der Waals surface area contributed by atoms with E-state index >= 15 is 0 Å². The smallest absolute Gasteiger partial charge is 0.225 e. The van der Waals surface area contributed by atoms with E-state index in [9.17, 15) is 4.79 Å². The summed E-state index contributed by atoms with van der Waals surface area (Å²) in [7, 11) is 0. The van der Waals surface area contributed by atoms with Crippen LogP contribution in [0, 0.1) is 0 Å². The molecule has 0 saturated carbocycles. The average molecular weight is 370 g/mol. The number of benzene rings is 2. The van der Waals surface area contributed by atoms with Crippen LogP contribution in [-0.4, -0.2) is 5.91 Å². The molecule has 2 heterocycles. The van der Waals surface area contributed by atoms with Crippen molar-refractivity contribution in [3.05, 3.63) is 81.0 Å². The van der Waals surface area contributed by atoms with Gasteiger partial charge in [-0.15, -0.1) is 11.3 Å². The number of amides is 1. The Bertz CT molecular complexity index is 904. The van der Waals surface area contributed by atoms with Gasteiger partial charge in [-0.2, -0.15) is 0 Å². The minimum Gasteiger partial charge on any atom is -0.489 e. The number of hydrogen-bond acceptors (Lipinski definition) is 3. The molecule has 1 amide bonds. The maximum Gasteiger partial charge on any atom is 0.225 e. The number of hydrogen-bond donors (Lipinski definition) is 1. The monoisotopic (exact) mass is 369 g/mol. The SMILES string of the molecule is O=C1C[C@H](c2ccc(OCc3ccccc3Cl)cc2)c2sccc2N1. The highest BCUT2D eigenvalue weighted by Gasteiger charge is 2.27. The van der Waals surface area contributed by atoms with Gasteiger partial charge in [-0.25, -0.2) is 0 Å². The molecule has 1 N–H and O–H groups in total. The second kappa shape index (κ2) is 6.90. The number of rotatable bonds is 4. The minimum atomic E-state index is 0.0648. The standard InChI is InChI=1S/C20H16ClNO2S/c21-17-4-2-1-3-14(17)12-24-15-7-5-13(6-8-15)16-11-19(23)22-18-9-10-25-20(16)18/h1-10,16H,11-12H2,(H,22,23)/t16-/m1/s1. The highest BCUT2D eigenvalue weighted by Crippen LogP contribution is 2.40. The number of anilines is 1. The molecular weight excluding hydrogens is 354 g/mol. The zero-order chi connectivity index (χ0) is 17.2. The van der Waals surface area contributed by atoms with E-state index in [0.29, 0.717) is 18.1 Å². The third kappa shape index (κ3) is 3.41. The molecule has 0 bridgehead atoms. The van der Waals surface area contributed by atoms with Crippen molar-refractivity contribution in [3.63, 3.8) is 0 Å². The number of nitrogens with one attached hydrogen (secondary N) is 1. The van der Waals surface area contributed by atoms with Gasteiger partial charge in [0.25, 0.3) is 0 Å². The van der Waals surface area contributed by atoms with Gasteiger partial charge in [0.2, 0.25) is 5.91 Å². The summed E-state index contributed by atoms with van der Waals surface area (Å²) in [4.78, 5) is 13.1. The van der Waals surface area contributed by atoms with Gasteiger partial charge in [-0.3, -0.25) is 4.79 Å². The Balaban J connectivity index is 1.50. The molecule has 0 radical (unpaired) electrons. The summed E-state index contributed by atoms with van der Waals surface area (Å²) in [6.45, 7) is 0.430. The molecule has 0 spiro atoms. The Morgan fingerprint density at radius 3 is 2.72 bits per heavy atom. The minimum absolute atomic E-state index is 0.0648. The zero-order valence-corrected chi connectivity index (χ0v) is 14.9. The number of fused-ring (bicyclic) bond motifs is 1. The van der Waals surface area contributed by atoms with Crippen molar-refractivity contribution >= 4 is 34.5 Å². The molecule has 0 aliphatic carbocycles. The Kier molecular flexibility index (Phi) is 4.47. The summed E-state index contributed by atoms with van der Waals surface area (Å²) in [6.07, 6.45) is 0.480. The molecule has 3 aromatic rings. The van der Waals surface area contributed by atoms with Gasteiger partial charge in [0.05, 0.1) is 5.69 Å². The Morgan fingerprint density at radius 1 is 1.12 bits per heavy atom. The first-order valence-electron chi connectivity index (χ1n) is 8.04. The van der Waals surface area contributed by atoms with E-state index in [1.807, 2.05) is 60.0 Å². The third-order valence-electron chi connectivity index (χ3n) is 4.31. The lowest BCUT2D eigenvalue weighted by atomic mass is 9.91. The van der Waals surface area contributed by atoms with Gasteiger partial charge < -0.3 is 10.1 Å². The third-order valence-corrected chi connectivity index (χ3v) is 5.71. The van der Waals surface area contributed by atoms with E-state index in [2.05, 4.69) is 5.32 Å². The van der Waals surface area contributed by atoms with Crippen molar-refractivity contribution in [1.82, 2.24) is 0 Å². The molecule has 3 nitrogen and oxygen atoms in total. The summed E-state index contributed by atoms with van der Waals surface area (Å²) >= 11 is 7.83. The van der Waals surface area contributed by atoms with Gasteiger partial charge in [0.1, 0.15) is 12.4 Å². The summed E-state index contributed by atoms with van der Waals surface area (Å²) < 4.78 is 5.83. The molecule has 126 valence electrons. The molecule has 0 fully saturated rings. The first-order valence-corrected chi connectivity index (χ1v) is 9.30. The van der Waals surface area contributed by atoms with Gasteiger partial charge >= 0.3 is 0 Å². The van der Waals surface area contributed by atoms with Gasteiger partial charge in [0, 0.05) is 27.8 Å². The van der Waals surface area contributed by atoms with Crippen molar-refractivity contribution < 1.29 is 9.53 Å². The lowest BCUT2D eigenvalue weighted by Gasteiger charge is -2.23. The zero-order valence-electron chi connectivity index (χ0n) is 13.4. The number of ether oxygens (including phenoxy) is 1. The molecule has 4 rings (SSSR count). The highest BCUT2D eigenvalue weighted by atomic mass is 35.5. The van der Waals surface area contributed by atoms with Crippen LogP contribution in [0.15, 0.2) is 60.0 Å². The first kappa shape index (κ1) is 16.2. The lowest BCUT2D eigenvalue weighted by Crippen LogP contribution is -2.21. The fraction of sp³-hybridized carbons (Fsp3) is 0.150. The molecule has 1 aromatic heterocycles. The fourth-order valence-electron chi connectivity index (χ4n) is 3.02. The molecule has 25 heavy (non-hydrogen) atoms. The molecule has 0 saturated heterocycles. The number of thiophene rings is 1. The van der Waals surface area contributed by atoms with E-state index < -0.39 is 0 Å². The van der Waals surface area contributed by atoms with Crippen molar-refractivity contribution in [2.45, 2.75) is 18.9 Å².